The number of epoxide rings is 1. The molecule has 2 amide bonds. The molecule has 3 heterocycles. The van der Waals surface area contributed by atoms with Crippen LogP contribution in [0.4, 0.5) is 5.82 Å². The monoisotopic (exact) mass is 480 g/mol. The zero-order valence-electron chi connectivity index (χ0n) is 17.2. The van der Waals surface area contributed by atoms with Crippen molar-refractivity contribution in [1.82, 2.24) is 4.98 Å². The van der Waals surface area contributed by atoms with E-state index in [4.69, 9.17) is 27.9 Å². The first-order chi connectivity index (χ1) is 15.9. The number of carbonyl (C=O) groups excluding carboxylic acids is 3. The lowest BCUT2D eigenvalue weighted by Gasteiger charge is -2.37. The summed E-state index contributed by atoms with van der Waals surface area (Å²) in [6.07, 6.45) is 5.97. The second-order valence-corrected chi connectivity index (χ2v) is 10.4. The predicted molar refractivity (Wildman–Crippen MR) is 120 cm³/mol. The molecule has 8 heteroatoms. The van der Waals surface area contributed by atoms with Crippen molar-refractivity contribution in [3.8, 4) is 0 Å². The van der Waals surface area contributed by atoms with E-state index in [0.29, 0.717) is 33.3 Å². The molecule has 2 saturated heterocycles. The van der Waals surface area contributed by atoms with Crippen molar-refractivity contribution in [2.75, 3.05) is 4.90 Å². The van der Waals surface area contributed by atoms with Gasteiger partial charge in [-0.3, -0.25) is 14.4 Å². The van der Waals surface area contributed by atoms with Crippen molar-refractivity contribution in [3.63, 3.8) is 0 Å². The minimum atomic E-state index is -0.624. The minimum Gasteiger partial charge on any atom is -0.356 e. The van der Waals surface area contributed by atoms with Gasteiger partial charge in [0.05, 0.1) is 21.9 Å². The largest absolute Gasteiger partial charge is 0.356 e. The highest BCUT2D eigenvalue weighted by Gasteiger charge is 2.67. The Bertz CT molecular complexity index is 1240. The average molecular weight is 481 g/mol. The fourth-order valence-corrected chi connectivity index (χ4v) is 6.56. The van der Waals surface area contributed by atoms with Crippen molar-refractivity contribution in [3.05, 3.63) is 69.9 Å². The van der Waals surface area contributed by atoms with E-state index in [1.165, 1.54) is 11.0 Å². The number of rotatable bonds is 4. The molecule has 4 aliphatic carbocycles. The molecule has 33 heavy (non-hydrogen) atoms. The highest BCUT2D eigenvalue weighted by atomic mass is 35.5. The highest BCUT2D eigenvalue weighted by Crippen LogP contribution is 2.65. The number of Topliss-reactive ketones (excluding diaryl/α,β-unsaturated/α-hetero) is 1. The number of ketones is 1. The number of allylic oxidation sites excluding steroid dienone is 2. The molecule has 2 aliphatic heterocycles. The van der Waals surface area contributed by atoms with Crippen LogP contribution in [0.1, 0.15) is 28.4 Å². The SMILES string of the molecule is O=C(c1ccc(Cl)c(Cl)c1)C1OC1c1ccc(N2C(=O)C3C4C=CC(C5CC45)C3C2=O)nc1. The molecular weight excluding hydrogens is 463 g/mol. The second-order valence-electron chi connectivity index (χ2n) is 9.59. The van der Waals surface area contributed by atoms with Crippen LogP contribution in [-0.2, 0) is 14.3 Å². The van der Waals surface area contributed by atoms with Gasteiger partial charge in [-0.25, -0.2) is 9.88 Å². The number of ether oxygens (including phenoxy) is 1. The van der Waals surface area contributed by atoms with Gasteiger partial charge >= 0.3 is 0 Å². The summed E-state index contributed by atoms with van der Waals surface area (Å²) in [7, 11) is 0. The molecule has 8 atom stereocenters. The van der Waals surface area contributed by atoms with Crippen LogP contribution >= 0.6 is 23.2 Å². The number of hydrogen-bond acceptors (Lipinski definition) is 5. The van der Waals surface area contributed by atoms with Gasteiger partial charge in [0.1, 0.15) is 11.9 Å². The molecule has 0 N–H and O–H groups in total. The van der Waals surface area contributed by atoms with E-state index in [1.54, 1.807) is 30.5 Å². The van der Waals surface area contributed by atoms with Gasteiger partial charge in [-0.2, -0.15) is 0 Å². The van der Waals surface area contributed by atoms with E-state index in [1.807, 2.05) is 0 Å². The summed E-state index contributed by atoms with van der Waals surface area (Å²) in [4.78, 5) is 44.8. The van der Waals surface area contributed by atoms with E-state index in [9.17, 15) is 14.4 Å². The van der Waals surface area contributed by atoms with Crippen LogP contribution in [-0.4, -0.2) is 28.7 Å². The lowest BCUT2D eigenvalue weighted by Crippen LogP contribution is -2.40. The smallest absolute Gasteiger partial charge is 0.239 e. The van der Waals surface area contributed by atoms with E-state index in [2.05, 4.69) is 17.1 Å². The zero-order chi connectivity index (χ0) is 22.6. The number of imide groups is 1. The first-order valence-corrected chi connectivity index (χ1v) is 11.9. The van der Waals surface area contributed by atoms with E-state index < -0.39 is 12.2 Å². The number of nitrogens with zero attached hydrogens (tertiary/aromatic N) is 2. The van der Waals surface area contributed by atoms with Crippen LogP contribution in [0.3, 0.4) is 0 Å². The summed E-state index contributed by atoms with van der Waals surface area (Å²) in [5.74, 6) is 0.862. The number of halogens is 2. The lowest BCUT2D eigenvalue weighted by molar-refractivity contribution is -0.124. The first-order valence-electron chi connectivity index (χ1n) is 11.1. The number of amides is 2. The Morgan fingerprint density at radius 2 is 1.67 bits per heavy atom. The highest BCUT2D eigenvalue weighted by molar-refractivity contribution is 6.42. The zero-order valence-corrected chi connectivity index (χ0v) is 18.7. The Morgan fingerprint density at radius 1 is 0.970 bits per heavy atom. The Labute approximate surface area is 199 Å². The Kier molecular flexibility index (Phi) is 4.07. The molecule has 2 bridgehead atoms. The summed E-state index contributed by atoms with van der Waals surface area (Å²) >= 11 is 11.9. The molecule has 6 aliphatic rings. The van der Waals surface area contributed by atoms with Crippen molar-refractivity contribution < 1.29 is 19.1 Å². The Hall–Kier alpha value is -2.54. The summed E-state index contributed by atoms with van der Waals surface area (Å²) in [5.41, 5.74) is 1.15. The molecule has 8 unspecified atom stereocenters. The van der Waals surface area contributed by atoms with Crippen LogP contribution < -0.4 is 4.90 Å². The molecule has 0 spiro atoms. The third-order valence-corrected chi connectivity index (χ3v) is 8.68. The molecule has 1 aromatic heterocycles. The number of anilines is 1. The van der Waals surface area contributed by atoms with Gasteiger partial charge in [0.15, 0.2) is 11.9 Å². The standard InChI is InChI=1S/C25H18Cl2N2O4/c26-16-5-1-10(7-17(16)27)21(30)23-22(33-23)11-2-6-18(28-9-11)29-24(31)19-12-3-4-13(15-8-14(12)15)20(19)25(29)32/h1-7,9,12-15,19-20,22-23H,8H2. The lowest BCUT2D eigenvalue weighted by atomic mass is 9.63. The van der Waals surface area contributed by atoms with Crippen molar-refractivity contribution in [1.29, 1.82) is 0 Å². The second kappa shape index (κ2) is 6.75. The third kappa shape index (κ3) is 2.78. The van der Waals surface area contributed by atoms with Crippen LogP contribution in [0.25, 0.3) is 0 Å². The maximum Gasteiger partial charge on any atom is 0.239 e. The molecule has 1 aromatic carbocycles. The maximum absolute atomic E-state index is 13.2. The summed E-state index contributed by atoms with van der Waals surface area (Å²) in [6, 6.07) is 8.16. The Morgan fingerprint density at radius 3 is 2.27 bits per heavy atom. The minimum absolute atomic E-state index is 0.134. The van der Waals surface area contributed by atoms with Gasteiger partial charge in [-0.1, -0.05) is 41.4 Å². The van der Waals surface area contributed by atoms with E-state index in [-0.39, 0.29) is 41.3 Å². The molecule has 2 aromatic rings. The van der Waals surface area contributed by atoms with Gasteiger partial charge in [0.25, 0.3) is 0 Å². The van der Waals surface area contributed by atoms with Crippen LogP contribution in [0, 0.1) is 35.5 Å². The molecule has 4 fully saturated rings. The molecule has 2 saturated carbocycles. The third-order valence-electron chi connectivity index (χ3n) is 7.95. The van der Waals surface area contributed by atoms with E-state index in [0.717, 1.165) is 12.0 Å². The quantitative estimate of drug-likeness (QED) is 0.282. The van der Waals surface area contributed by atoms with Gasteiger partial charge in [-0.15, -0.1) is 0 Å². The van der Waals surface area contributed by atoms with Crippen molar-refractivity contribution >= 4 is 46.6 Å². The van der Waals surface area contributed by atoms with Gasteiger partial charge < -0.3 is 4.74 Å². The van der Waals surface area contributed by atoms with Gasteiger partial charge in [-0.05, 0) is 54.4 Å². The average Bonchev–Trinajstić information content (AvgIpc) is 3.74. The van der Waals surface area contributed by atoms with E-state index >= 15 is 0 Å². The number of benzene rings is 1. The summed E-state index contributed by atoms with van der Waals surface area (Å²) in [5, 5.41) is 0.695. The number of pyridine rings is 1. The molecule has 6 nitrogen and oxygen atoms in total. The van der Waals surface area contributed by atoms with Crippen LogP contribution in [0.2, 0.25) is 10.0 Å². The number of carbonyl (C=O) groups is 3. The predicted octanol–water partition coefficient (Wildman–Crippen LogP) is 4.27. The van der Waals surface area contributed by atoms with Crippen LogP contribution in [0.15, 0.2) is 48.7 Å². The van der Waals surface area contributed by atoms with Crippen LogP contribution in [0.5, 0.6) is 0 Å². The normalized spacial score (nSPS) is 37.2. The van der Waals surface area contributed by atoms with Crippen molar-refractivity contribution in [2.24, 2.45) is 35.5 Å². The first kappa shape index (κ1) is 19.9. The molecule has 0 radical (unpaired) electrons. The topological polar surface area (TPSA) is 79.9 Å². The maximum atomic E-state index is 13.2. The fourth-order valence-electron chi connectivity index (χ4n) is 6.26. The summed E-state index contributed by atoms with van der Waals surface area (Å²) in [6.45, 7) is 0. The Balaban J connectivity index is 1.09. The van der Waals surface area contributed by atoms with Gasteiger partial charge in [0, 0.05) is 17.3 Å². The van der Waals surface area contributed by atoms with Gasteiger partial charge in [0.2, 0.25) is 11.8 Å². The van der Waals surface area contributed by atoms with Crippen molar-refractivity contribution in [2.45, 2.75) is 18.6 Å². The molecule has 166 valence electrons. The molecule has 8 rings (SSSR count). The molecular formula is C25H18Cl2N2O4. The number of hydrogen-bond donors (Lipinski definition) is 0. The number of aromatic nitrogens is 1. The fraction of sp³-hybridized carbons (Fsp3) is 0.360. The summed E-state index contributed by atoms with van der Waals surface area (Å²) < 4.78 is 5.61.